The molecule has 0 saturated carbocycles. The highest BCUT2D eigenvalue weighted by atomic mass is 14.1. The van der Waals surface area contributed by atoms with E-state index in [9.17, 15) is 0 Å². The summed E-state index contributed by atoms with van der Waals surface area (Å²) in [6, 6.07) is 0. The zero-order valence-corrected chi connectivity index (χ0v) is 13.7. The van der Waals surface area contributed by atoms with E-state index in [1.807, 2.05) is 0 Å². The molecule has 2 unspecified atom stereocenters. The topological polar surface area (TPSA) is 0 Å². The fourth-order valence-corrected chi connectivity index (χ4v) is 2.65. The Morgan fingerprint density at radius 1 is 0.667 bits per heavy atom. The van der Waals surface area contributed by atoms with E-state index in [4.69, 9.17) is 0 Å². The molecule has 2 atom stereocenters. The molecule has 0 N–H and O–H groups in total. The van der Waals surface area contributed by atoms with Gasteiger partial charge in [0.15, 0.2) is 0 Å². The van der Waals surface area contributed by atoms with Crippen molar-refractivity contribution in [2.75, 3.05) is 0 Å². The first kappa shape index (κ1) is 18.0. The number of unbranched alkanes of at least 4 members (excludes halogenated alkanes) is 2. The van der Waals surface area contributed by atoms with Crippen LogP contribution in [0.4, 0.5) is 0 Å². The summed E-state index contributed by atoms with van der Waals surface area (Å²) in [5.41, 5.74) is 0. The van der Waals surface area contributed by atoms with E-state index in [-0.39, 0.29) is 0 Å². The molecular formula is C18H37. The van der Waals surface area contributed by atoms with Gasteiger partial charge in [-0.3, -0.25) is 0 Å². The Morgan fingerprint density at radius 2 is 1.11 bits per heavy atom. The molecule has 18 heavy (non-hydrogen) atoms. The number of rotatable bonds is 12. The molecule has 0 bridgehead atoms. The van der Waals surface area contributed by atoms with E-state index in [0.717, 1.165) is 17.8 Å². The number of hydrogen-bond donors (Lipinski definition) is 0. The van der Waals surface area contributed by atoms with Crippen molar-refractivity contribution in [1.82, 2.24) is 0 Å². The van der Waals surface area contributed by atoms with Gasteiger partial charge in [0.25, 0.3) is 0 Å². The van der Waals surface area contributed by atoms with E-state index < -0.39 is 0 Å². The molecule has 0 saturated heterocycles. The van der Waals surface area contributed by atoms with E-state index in [1.165, 1.54) is 57.8 Å². The molecule has 1 radical (unpaired) electrons. The van der Waals surface area contributed by atoms with Crippen molar-refractivity contribution in [2.45, 2.75) is 92.4 Å². The molecule has 0 fully saturated rings. The minimum absolute atomic E-state index is 0.882. The van der Waals surface area contributed by atoms with Crippen LogP contribution in [0.25, 0.3) is 0 Å². The van der Waals surface area contributed by atoms with Gasteiger partial charge < -0.3 is 0 Å². The quantitative estimate of drug-likeness (QED) is 0.342. The average Bonchev–Trinajstić information content (AvgIpc) is 2.29. The van der Waals surface area contributed by atoms with E-state index in [0.29, 0.717) is 0 Å². The molecule has 0 aliphatic heterocycles. The zero-order valence-electron chi connectivity index (χ0n) is 13.7. The summed E-state index contributed by atoms with van der Waals surface area (Å²) in [6.07, 6.45) is 15.0. The summed E-state index contributed by atoms with van der Waals surface area (Å²) in [7, 11) is 0. The van der Waals surface area contributed by atoms with Crippen LogP contribution >= 0.6 is 0 Å². The van der Waals surface area contributed by atoms with Crippen LogP contribution in [0, 0.1) is 24.2 Å². The largest absolute Gasteiger partial charge is 0.0628 e. The average molecular weight is 253 g/mol. The van der Waals surface area contributed by atoms with Crippen LogP contribution in [-0.4, -0.2) is 0 Å². The van der Waals surface area contributed by atoms with Crippen molar-refractivity contribution in [1.29, 1.82) is 0 Å². The first-order valence-corrected chi connectivity index (χ1v) is 8.34. The summed E-state index contributed by atoms with van der Waals surface area (Å²) in [4.78, 5) is 0. The van der Waals surface area contributed by atoms with Crippen LogP contribution < -0.4 is 0 Å². The summed E-state index contributed by atoms with van der Waals surface area (Å²) in [6.45, 7) is 11.7. The maximum absolute atomic E-state index is 2.44. The lowest BCUT2D eigenvalue weighted by Crippen LogP contribution is -2.00. The second-order valence-corrected chi connectivity index (χ2v) is 6.81. The first-order valence-electron chi connectivity index (χ1n) is 8.34. The Bertz CT molecular complexity index is 159. The van der Waals surface area contributed by atoms with Crippen molar-refractivity contribution in [3.05, 3.63) is 6.42 Å². The normalized spacial score (nSPS) is 15.0. The molecule has 109 valence electrons. The summed E-state index contributed by atoms with van der Waals surface area (Å²) >= 11 is 0. The molecule has 0 aliphatic rings. The maximum atomic E-state index is 2.44. The van der Waals surface area contributed by atoms with Gasteiger partial charge in [0, 0.05) is 0 Å². The van der Waals surface area contributed by atoms with Crippen molar-refractivity contribution in [3.8, 4) is 0 Å². The highest BCUT2D eigenvalue weighted by molar-refractivity contribution is 4.61. The monoisotopic (exact) mass is 253 g/mol. The molecule has 0 aromatic rings. The third-order valence-corrected chi connectivity index (χ3v) is 4.06. The molecule has 0 aromatic carbocycles. The highest BCUT2D eigenvalue weighted by Crippen LogP contribution is 2.21. The molecule has 0 spiro atoms. The lowest BCUT2D eigenvalue weighted by molar-refractivity contribution is 0.389. The SMILES string of the molecule is C[CH]CCCC(C)CCCC(C)CCCC(C)C. The van der Waals surface area contributed by atoms with Crippen LogP contribution in [-0.2, 0) is 0 Å². The predicted octanol–water partition coefficient (Wildman–Crippen LogP) is 6.65. The van der Waals surface area contributed by atoms with Gasteiger partial charge in [-0.15, -0.1) is 0 Å². The molecule has 0 nitrogen and oxygen atoms in total. The Morgan fingerprint density at radius 3 is 1.56 bits per heavy atom. The fourth-order valence-electron chi connectivity index (χ4n) is 2.65. The Hall–Kier alpha value is 0. The summed E-state index contributed by atoms with van der Waals surface area (Å²) in [5, 5.41) is 0. The van der Waals surface area contributed by atoms with Crippen LogP contribution in [0.15, 0.2) is 0 Å². The number of hydrogen-bond acceptors (Lipinski definition) is 0. The Labute approximate surface area is 117 Å². The highest BCUT2D eigenvalue weighted by Gasteiger charge is 2.06. The van der Waals surface area contributed by atoms with Gasteiger partial charge in [0.2, 0.25) is 0 Å². The zero-order chi connectivity index (χ0) is 13.8. The van der Waals surface area contributed by atoms with E-state index in [1.54, 1.807) is 0 Å². The molecular weight excluding hydrogens is 216 g/mol. The third kappa shape index (κ3) is 12.5. The fraction of sp³-hybridized carbons (Fsp3) is 0.944. The van der Waals surface area contributed by atoms with Crippen LogP contribution in [0.2, 0.25) is 0 Å². The van der Waals surface area contributed by atoms with Gasteiger partial charge in [-0.2, -0.15) is 0 Å². The summed E-state index contributed by atoms with van der Waals surface area (Å²) in [5.74, 6) is 2.76. The summed E-state index contributed by atoms with van der Waals surface area (Å²) < 4.78 is 0. The second kappa shape index (κ2) is 12.1. The molecule has 0 aromatic heterocycles. The maximum Gasteiger partial charge on any atom is -0.0417 e. The van der Waals surface area contributed by atoms with Gasteiger partial charge in [-0.25, -0.2) is 0 Å². The molecule has 0 aliphatic carbocycles. The van der Waals surface area contributed by atoms with Crippen molar-refractivity contribution < 1.29 is 0 Å². The Kier molecular flexibility index (Phi) is 12.1. The second-order valence-electron chi connectivity index (χ2n) is 6.81. The standard InChI is InChI=1S/C18H37/c1-6-7-8-12-17(4)14-10-15-18(5)13-9-11-16(2)3/h6,16-18H,7-15H2,1-5H3. The predicted molar refractivity (Wildman–Crippen MR) is 84.7 cm³/mol. The van der Waals surface area contributed by atoms with Crippen molar-refractivity contribution in [2.24, 2.45) is 17.8 Å². The van der Waals surface area contributed by atoms with Gasteiger partial charge in [-0.05, 0) is 24.2 Å². The van der Waals surface area contributed by atoms with Gasteiger partial charge >= 0.3 is 0 Å². The van der Waals surface area contributed by atoms with E-state index in [2.05, 4.69) is 41.0 Å². The molecule has 0 heteroatoms. The van der Waals surface area contributed by atoms with Gasteiger partial charge in [-0.1, -0.05) is 92.4 Å². The van der Waals surface area contributed by atoms with E-state index >= 15 is 0 Å². The lowest BCUT2D eigenvalue weighted by Gasteiger charge is -2.14. The van der Waals surface area contributed by atoms with Crippen LogP contribution in [0.5, 0.6) is 0 Å². The molecule has 0 rings (SSSR count). The lowest BCUT2D eigenvalue weighted by atomic mass is 9.92. The van der Waals surface area contributed by atoms with Crippen molar-refractivity contribution in [3.63, 3.8) is 0 Å². The van der Waals surface area contributed by atoms with Crippen LogP contribution in [0.3, 0.4) is 0 Å². The minimum Gasteiger partial charge on any atom is -0.0628 e. The Balaban J connectivity index is 3.35. The first-order chi connectivity index (χ1) is 8.56. The third-order valence-electron chi connectivity index (χ3n) is 4.06. The van der Waals surface area contributed by atoms with Crippen molar-refractivity contribution >= 4 is 0 Å². The smallest absolute Gasteiger partial charge is 0.0417 e. The van der Waals surface area contributed by atoms with Gasteiger partial charge in [0.1, 0.15) is 0 Å². The molecule has 0 amide bonds. The van der Waals surface area contributed by atoms with Gasteiger partial charge in [0.05, 0.1) is 0 Å². The minimum atomic E-state index is 0.882. The van der Waals surface area contributed by atoms with Crippen LogP contribution in [0.1, 0.15) is 92.4 Å². The molecule has 0 heterocycles.